The van der Waals surface area contributed by atoms with Gasteiger partial charge in [-0.1, -0.05) is 29.9 Å². The highest BCUT2D eigenvalue weighted by Crippen LogP contribution is 2.27. The predicted molar refractivity (Wildman–Crippen MR) is 104 cm³/mol. The Morgan fingerprint density at radius 3 is 2.77 bits per heavy atom. The third-order valence-corrected chi connectivity index (χ3v) is 5.47. The Kier molecular flexibility index (Phi) is 4.90. The number of hydrogen-bond donors (Lipinski definition) is 1. The summed E-state index contributed by atoms with van der Waals surface area (Å²) in [6, 6.07) is 8.03. The average molecular weight is 367 g/mol. The lowest BCUT2D eigenvalue weighted by Gasteiger charge is -2.25. The number of hydrogen-bond acceptors (Lipinski definition) is 6. The van der Waals surface area contributed by atoms with Gasteiger partial charge in [-0.3, -0.25) is 9.69 Å². The lowest BCUT2D eigenvalue weighted by molar-refractivity contribution is -0.117. The fraction of sp³-hybridized carbons (Fsp3) is 0.368. The molecule has 1 aliphatic heterocycles. The zero-order valence-corrected chi connectivity index (χ0v) is 15.6. The van der Waals surface area contributed by atoms with Gasteiger partial charge in [0, 0.05) is 17.1 Å². The van der Waals surface area contributed by atoms with E-state index in [0.29, 0.717) is 12.4 Å². The largest absolute Gasteiger partial charge is 0.310 e. The van der Waals surface area contributed by atoms with Crippen molar-refractivity contribution in [2.45, 2.75) is 26.2 Å². The first-order valence-corrected chi connectivity index (χ1v) is 9.71. The highest BCUT2D eigenvalue weighted by Gasteiger charge is 2.14. The fourth-order valence-corrected chi connectivity index (χ4v) is 3.95. The standard InChI is InChI=1S/C19H21N5OS/c1-13-22-23-19(26-13)14-5-6-15-11-20-17(10-16(15)9-14)21-18(25)12-24-7-3-2-4-8-24/h5-6,9-11H,2-4,7-8,12H2,1H3,(H,20,21,25). The Labute approximate surface area is 156 Å². The molecule has 0 radical (unpaired) electrons. The SMILES string of the molecule is Cc1nnc(-c2ccc3cnc(NC(=O)CN4CCCCC4)cc3c2)s1. The van der Waals surface area contributed by atoms with E-state index in [9.17, 15) is 4.79 Å². The highest BCUT2D eigenvalue weighted by atomic mass is 32.1. The van der Waals surface area contributed by atoms with Gasteiger partial charge in [-0.05, 0) is 50.4 Å². The first-order chi connectivity index (χ1) is 12.7. The van der Waals surface area contributed by atoms with Crippen molar-refractivity contribution in [3.05, 3.63) is 35.5 Å². The molecule has 1 N–H and O–H groups in total. The van der Waals surface area contributed by atoms with Crippen LogP contribution in [0.2, 0.25) is 0 Å². The molecule has 26 heavy (non-hydrogen) atoms. The molecule has 1 aromatic carbocycles. The van der Waals surface area contributed by atoms with Gasteiger partial charge in [0.1, 0.15) is 15.8 Å². The summed E-state index contributed by atoms with van der Waals surface area (Å²) in [6.45, 7) is 4.39. The minimum absolute atomic E-state index is 0.00495. The van der Waals surface area contributed by atoms with E-state index in [1.54, 1.807) is 17.5 Å². The molecule has 2 aromatic heterocycles. The van der Waals surface area contributed by atoms with Crippen LogP contribution in [-0.2, 0) is 4.79 Å². The second-order valence-corrected chi connectivity index (χ2v) is 7.82. The summed E-state index contributed by atoms with van der Waals surface area (Å²) in [5.74, 6) is 0.583. The van der Waals surface area contributed by atoms with Crippen molar-refractivity contribution in [3.8, 4) is 10.6 Å². The molecule has 1 fully saturated rings. The molecule has 1 amide bonds. The Morgan fingerprint density at radius 2 is 2.00 bits per heavy atom. The Bertz CT molecular complexity index is 933. The summed E-state index contributed by atoms with van der Waals surface area (Å²) in [6.07, 6.45) is 5.41. The Hall–Kier alpha value is -2.38. The molecule has 1 saturated heterocycles. The smallest absolute Gasteiger partial charge is 0.239 e. The number of nitrogens with one attached hydrogen (secondary N) is 1. The first-order valence-electron chi connectivity index (χ1n) is 8.90. The van der Waals surface area contributed by atoms with Gasteiger partial charge in [0.25, 0.3) is 0 Å². The van der Waals surface area contributed by atoms with Crippen LogP contribution in [0.4, 0.5) is 5.82 Å². The number of rotatable bonds is 4. The minimum atomic E-state index is -0.00495. The van der Waals surface area contributed by atoms with Gasteiger partial charge in [0.05, 0.1) is 6.54 Å². The minimum Gasteiger partial charge on any atom is -0.310 e. The summed E-state index contributed by atoms with van der Waals surface area (Å²) in [4.78, 5) is 18.9. The predicted octanol–water partition coefficient (Wildman–Crippen LogP) is 3.49. The number of aryl methyl sites for hydroxylation is 1. The number of carbonyl (C=O) groups excluding carboxylic acids is 1. The topological polar surface area (TPSA) is 71.0 Å². The third-order valence-electron chi connectivity index (χ3n) is 4.58. The molecule has 134 valence electrons. The Morgan fingerprint density at radius 1 is 1.15 bits per heavy atom. The number of likely N-dealkylation sites (tertiary alicyclic amines) is 1. The molecule has 0 saturated carbocycles. The zero-order valence-electron chi connectivity index (χ0n) is 14.7. The van der Waals surface area contributed by atoms with Gasteiger partial charge in [0.15, 0.2) is 0 Å². The second-order valence-electron chi connectivity index (χ2n) is 6.64. The van der Waals surface area contributed by atoms with Crippen LogP contribution in [0.5, 0.6) is 0 Å². The molecular formula is C19H21N5OS. The number of aromatic nitrogens is 3. The number of piperidine rings is 1. The van der Waals surface area contributed by atoms with Gasteiger partial charge in [-0.2, -0.15) is 0 Å². The summed E-state index contributed by atoms with van der Waals surface area (Å²) >= 11 is 1.57. The molecule has 4 rings (SSSR count). The lowest BCUT2D eigenvalue weighted by atomic mass is 10.1. The van der Waals surface area contributed by atoms with Crippen molar-refractivity contribution in [1.29, 1.82) is 0 Å². The number of anilines is 1. The number of pyridine rings is 1. The van der Waals surface area contributed by atoms with E-state index in [0.717, 1.165) is 39.4 Å². The number of carbonyl (C=O) groups is 1. The molecule has 3 aromatic rings. The monoisotopic (exact) mass is 367 g/mol. The molecule has 7 heteroatoms. The second kappa shape index (κ2) is 7.47. The van der Waals surface area contributed by atoms with Gasteiger partial charge < -0.3 is 5.32 Å². The van der Waals surface area contributed by atoms with E-state index < -0.39 is 0 Å². The van der Waals surface area contributed by atoms with Crippen LogP contribution in [0.3, 0.4) is 0 Å². The van der Waals surface area contributed by atoms with Gasteiger partial charge in [0.2, 0.25) is 5.91 Å². The van der Waals surface area contributed by atoms with E-state index in [1.165, 1.54) is 19.3 Å². The molecule has 6 nitrogen and oxygen atoms in total. The maximum Gasteiger partial charge on any atom is 0.239 e. The van der Waals surface area contributed by atoms with Crippen LogP contribution in [0, 0.1) is 6.92 Å². The van der Waals surface area contributed by atoms with E-state index in [-0.39, 0.29) is 5.91 Å². The molecular weight excluding hydrogens is 346 g/mol. The van der Waals surface area contributed by atoms with E-state index >= 15 is 0 Å². The first kappa shape index (κ1) is 17.1. The summed E-state index contributed by atoms with van der Waals surface area (Å²) < 4.78 is 0. The summed E-state index contributed by atoms with van der Waals surface area (Å²) in [7, 11) is 0. The molecule has 0 aliphatic carbocycles. The molecule has 1 aliphatic rings. The van der Waals surface area contributed by atoms with Crippen LogP contribution in [0.1, 0.15) is 24.3 Å². The fourth-order valence-electron chi connectivity index (χ4n) is 3.26. The van der Waals surface area contributed by atoms with E-state index in [1.807, 2.05) is 25.1 Å². The molecule has 0 unspecified atom stereocenters. The Balaban J connectivity index is 1.51. The van der Waals surface area contributed by atoms with Gasteiger partial charge in [-0.15, -0.1) is 10.2 Å². The molecule has 0 spiro atoms. The normalized spacial score (nSPS) is 15.3. The van der Waals surface area contributed by atoms with Crippen LogP contribution >= 0.6 is 11.3 Å². The number of nitrogens with zero attached hydrogens (tertiary/aromatic N) is 4. The van der Waals surface area contributed by atoms with Crippen molar-refractivity contribution in [2.24, 2.45) is 0 Å². The summed E-state index contributed by atoms with van der Waals surface area (Å²) in [5, 5.41) is 15.1. The third kappa shape index (κ3) is 3.89. The quantitative estimate of drug-likeness (QED) is 0.764. The average Bonchev–Trinajstić information content (AvgIpc) is 3.08. The molecule has 0 bridgehead atoms. The van der Waals surface area contributed by atoms with Crippen molar-refractivity contribution >= 4 is 33.8 Å². The van der Waals surface area contributed by atoms with Crippen LogP contribution in [0.15, 0.2) is 30.5 Å². The molecule has 3 heterocycles. The van der Waals surface area contributed by atoms with E-state index in [4.69, 9.17) is 0 Å². The maximum atomic E-state index is 12.3. The van der Waals surface area contributed by atoms with Gasteiger partial charge >= 0.3 is 0 Å². The van der Waals surface area contributed by atoms with Crippen LogP contribution in [0.25, 0.3) is 21.3 Å². The number of fused-ring (bicyclic) bond motifs is 1. The van der Waals surface area contributed by atoms with Crippen molar-refractivity contribution in [1.82, 2.24) is 20.1 Å². The maximum absolute atomic E-state index is 12.3. The van der Waals surface area contributed by atoms with Crippen molar-refractivity contribution < 1.29 is 4.79 Å². The summed E-state index contributed by atoms with van der Waals surface area (Å²) in [5.41, 5.74) is 1.03. The number of benzene rings is 1. The highest BCUT2D eigenvalue weighted by molar-refractivity contribution is 7.14. The van der Waals surface area contributed by atoms with Crippen LogP contribution < -0.4 is 5.32 Å². The van der Waals surface area contributed by atoms with Crippen LogP contribution in [-0.4, -0.2) is 45.6 Å². The number of amides is 1. The lowest BCUT2D eigenvalue weighted by Crippen LogP contribution is -2.36. The zero-order chi connectivity index (χ0) is 17.9. The van der Waals surface area contributed by atoms with E-state index in [2.05, 4.69) is 31.5 Å². The molecule has 0 atom stereocenters. The van der Waals surface area contributed by atoms with Crippen molar-refractivity contribution in [3.63, 3.8) is 0 Å². The van der Waals surface area contributed by atoms with Gasteiger partial charge in [-0.25, -0.2) is 4.98 Å². The van der Waals surface area contributed by atoms with Crippen molar-refractivity contribution in [2.75, 3.05) is 25.0 Å².